The molecular formula is C10H15NO. The van der Waals surface area contributed by atoms with Crippen LogP contribution in [0.3, 0.4) is 0 Å². The molecule has 0 saturated carbocycles. The molecule has 1 rings (SSSR count). The van der Waals surface area contributed by atoms with E-state index in [9.17, 15) is 0 Å². The van der Waals surface area contributed by atoms with Gasteiger partial charge in [0, 0.05) is 13.7 Å². The maximum Gasteiger partial charge on any atom is 0.0961 e. The Morgan fingerprint density at radius 3 is 2.67 bits per heavy atom. The Bertz CT molecular complexity index is 198. The molecule has 12 heavy (non-hydrogen) atoms. The van der Waals surface area contributed by atoms with Crippen LogP contribution in [-0.2, 0) is 11.2 Å². The van der Waals surface area contributed by atoms with Gasteiger partial charge in [-0.05, 0) is 12.0 Å². The summed E-state index contributed by atoms with van der Waals surface area (Å²) >= 11 is 0. The highest BCUT2D eigenvalue weighted by atomic mass is 16.5. The smallest absolute Gasteiger partial charge is 0.0961 e. The molecule has 0 bridgehead atoms. The Hall–Kier alpha value is -0.860. The first-order valence-electron chi connectivity index (χ1n) is 4.17. The van der Waals surface area contributed by atoms with Crippen LogP contribution in [0.15, 0.2) is 30.3 Å². The molecule has 0 amide bonds. The van der Waals surface area contributed by atoms with Gasteiger partial charge in [-0.2, -0.15) is 0 Å². The third kappa shape index (κ3) is 3.51. The molecule has 0 aliphatic heterocycles. The lowest BCUT2D eigenvalue weighted by Gasteiger charge is -2.02. The second kappa shape index (κ2) is 5.75. The van der Waals surface area contributed by atoms with Crippen molar-refractivity contribution in [3.63, 3.8) is 0 Å². The Kier molecular flexibility index (Phi) is 4.42. The molecule has 0 heterocycles. The minimum absolute atomic E-state index is 0.632. The summed E-state index contributed by atoms with van der Waals surface area (Å²) in [5, 5.41) is 3.16. The highest BCUT2D eigenvalue weighted by molar-refractivity contribution is 5.14. The number of ether oxygens (including phenoxy) is 1. The van der Waals surface area contributed by atoms with Gasteiger partial charge in [0.25, 0.3) is 0 Å². The molecule has 0 fully saturated rings. The van der Waals surface area contributed by atoms with Crippen molar-refractivity contribution in [1.82, 2.24) is 5.32 Å². The van der Waals surface area contributed by atoms with Gasteiger partial charge in [0.2, 0.25) is 0 Å². The molecule has 0 aliphatic rings. The van der Waals surface area contributed by atoms with Gasteiger partial charge in [-0.3, -0.25) is 5.32 Å². The summed E-state index contributed by atoms with van der Waals surface area (Å²) < 4.78 is 4.87. The average Bonchev–Trinajstić information content (AvgIpc) is 2.14. The largest absolute Gasteiger partial charge is 0.370 e. The number of hydrogen-bond donors (Lipinski definition) is 1. The van der Waals surface area contributed by atoms with E-state index < -0.39 is 0 Å². The van der Waals surface area contributed by atoms with E-state index in [1.54, 1.807) is 7.11 Å². The summed E-state index contributed by atoms with van der Waals surface area (Å²) in [5.41, 5.74) is 1.36. The Balaban J connectivity index is 2.16. The van der Waals surface area contributed by atoms with Crippen LogP contribution in [0.2, 0.25) is 0 Å². The SMILES string of the molecule is COCNCCc1ccccc1. The summed E-state index contributed by atoms with van der Waals surface area (Å²) in [4.78, 5) is 0. The standard InChI is InChI=1S/C10H15NO/c1-12-9-11-8-7-10-5-3-2-4-6-10/h2-6,11H,7-9H2,1H3. The molecule has 0 saturated heterocycles. The molecule has 0 atom stereocenters. The van der Waals surface area contributed by atoms with Crippen molar-refractivity contribution < 1.29 is 4.74 Å². The van der Waals surface area contributed by atoms with Crippen LogP contribution in [0, 0.1) is 0 Å². The monoisotopic (exact) mass is 165 g/mol. The van der Waals surface area contributed by atoms with Crippen LogP contribution in [0.1, 0.15) is 5.56 Å². The van der Waals surface area contributed by atoms with Crippen LogP contribution >= 0.6 is 0 Å². The normalized spacial score (nSPS) is 10.1. The number of nitrogens with one attached hydrogen (secondary N) is 1. The lowest BCUT2D eigenvalue weighted by molar-refractivity contribution is 0.176. The molecule has 0 aromatic heterocycles. The zero-order valence-corrected chi connectivity index (χ0v) is 7.42. The minimum atomic E-state index is 0.632. The zero-order valence-electron chi connectivity index (χ0n) is 7.42. The van der Waals surface area contributed by atoms with Crippen LogP contribution in [0.25, 0.3) is 0 Å². The topological polar surface area (TPSA) is 21.3 Å². The summed E-state index contributed by atoms with van der Waals surface area (Å²) in [6.07, 6.45) is 1.06. The van der Waals surface area contributed by atoms with Crippen LogP contribution in [-0.4, -0.2) is 20.4 Å². The predicted octanol–water partition coefficient (Wildman–Crippen LogP) is 1.42. The zero-order chi connectivity index (χ0) is 8.65. The fourth-order valence-corrected chi connectivity index (χ4v) is 1.05. The Morgan fingerprint density at radius 1 is 1.25 bits per heavy atom. The van der Waals surface area contributed by atoms with Gasteiger partial charge in [-0.15, -0.1) is 0 Å². The number of benzene rings is 1. The molecule has 2 heteroatoms. The summed E-state index contributed by atoms with van der Waals surface area (Å²) in [6, 6.07) is 10.4. The van der Waals surface area contributed by atoms with Crippen molar-refractivity contribution in [2.45, 2.75) is 6.42 Å². The van der Waals surface area contributed by atoms with E-state index in [0.29, 0.717) is 6.73 Å². The van der Waals surface area contributed by atoms with Gasteiger partial charge in [-0.1, -0.05) is 30.3 Å². The van der Waals surface area contributed by atoms with Crippen molar-refractivity contribution >= 4 is 0 Å². The first-order chi connectivity index (χ1) is 5.93. The van der Waals surface area contributed by atoms with Gasteiger partial charge in [0.15, 0.2) is 0 Å². The highest BCUT2D eigenvalue weighted by Crippen LogP contribution is 1.97. The summed E-state index contributed by atoms with van der Waals surface area (Å²) in [6.45, 7) is 1.60. The van der Waals surface area contributed by atoms with Gasteiger partial charge in [-0.25, -0.2) is 0 Å². The molecular weight excluding hydrogens is 150 g/mol. The molecule has 1 aromatic rings. The summed E-state index contributed by atoms with van der Waals surface area (Å²) in [5.74, 6) is 0. The van der Waals surface area contributed by atoms with Gasteiger partial charge in [0.05, 0.1) is 6.73 Å². The van der Waals surface area contributed by atoms with E-state index >= 15 is 0 Å². The third-order valence-electron chi connectivity index (χ3n) is 1.68. The maximum atomic E-state index is 4.87. The molecule has 66 valence electrons. The average molecular weight is 165 g/mol. The van der Waals surface area contributed by atoms with Crippen molar-refractivity contribution in [3.8, 4) is 0 Å². The van der Waals surface area contributed by atoms with E-state index in [4.69, 9.17) is 4.74 Å². The maximum absolute atomic E-state index is 4.87. The van der Waals surface area contributed by atoms with E-state index in [1.807, 2.05) is 6.07 Å². The number of rotatable bonds is 5. The summed E-state index contributed by atoms with van der Waals surface area (Å²) in [7, 11) is 1.69. The molecule has 1 aromatic carbocycles. The molecule has 0 aliphatic carbocycles. The Labute approximate surface area is 73.6 Å². The first-order valence-corrected chi connectivity index (χ1v) is 4.17. The predicted molar refractivity (Wildman–Crippen MR) is 50.0 cm³/mol. The second-order valence-electron chi connectivity index (χ2n) is 2.67. The quantitative estimate of drug-likeness (QED) is 0.526. The lowest BCUT2D eigenvalue weighted by atomic mass is 10.2. The second-order valence-corrected chi connectivity index (χ2v) is 2.67. The van der Waals surface area contributed by atoms with E-state index in [0.717, 1.165) is 13.0 Å². The van der Waals surface area contributed by atoms with Crippen LogP contribution in [0.4, 0.5) is 0 Å². The van der Waals surface area contributed by atoms with E-state index in [2.05, 4.69) is 29.6 Å². The Morgan fingerprint density at radius 2 is 2.00 bits per heavy atom. The van der Waals surface area contributed by atoms with Crippen LogP contribution in [0.5, 0.6) is 0 Å². The third-order valence-corrected chi connectivity index (χ3v) is 1.68. The lowest BCUT2D eigenvalue weighted by Crippen LogP contribution is -2.19. The molecule has 0 radical (unpaired) electrons. The fraction of sp³-hybridized carbons (Fsp3) is 0.400. The van der Waals surface area contributed by atoms with Crippen molar-refractivity contribution in [3.05, 3.63) is 35.9 Å². The number of methoxy groups -OCH3 is 1. The minimum Gasteiger partial charge on any atom is -0.370 e. The van der Waals surface area contributed by atoms with Gasteiger partial charge in [0.1, 0.15) is 0 Å². The molecule has 0 spiro atoms. The molecule has 0 unspecified atom stereocenters. The molecule has 1 N–H and O–H groups in total. The highest BCUT2D eigenvalue weighted by Gasteiger charge is 1.89. The van der Waals surface area contributed by atoms with Crippen LogP contribution < -0.4 is 5.32 Å². The van der Waals surface area contributed by atoms with Crippen molar-refractivity contribution in [1.29, 1.82) is 0 Å². The van der Waals surface area contributed by atoms with Crippen molar-refractivity contribution in [2.24, 2.45) is 0 Å². The van der Waals surface area contributed by atoms with Gasteiger partial charge < -0.3 is 4.74 Å². The number of hydrogen-bond acceptors (Lipinski definition) is 2. The van der Waals surface area contributed by atoms with E-state index in [1.165, 1.54) is 5.56 Å². The van der Waals surface area contributed by atoms with Crippen molar-refractivity contribution in [2.75, 3.05) is 20.4 Å². The first kappa shape index (κ1) is 9.23. The fourth-order valence-electron chi connectivity index (χ4n) is 1.05. The van der Waals surface area contributed by atoms with E-state index in [-0.39, 0.29) is 0 Å². The molecule has 2 nitrogen and oxygen atoms in total. The van der Waals surface area contributed by atoms with Gasteiger partial charge >= 0.3 is 0 Å².